The Hall–Kier alpha value is -4.72. The van der Waals surface area contributed by atoms with Crippen molar-refractivity contribution < 1.29 is 57.1 Å². The third-order valence-electron chi connectivity index (χ3n) is 6.59. The van der Waals surface area contributed by atoms with Crippen molar-refractivity contribution in [2.24, 2.45) is 11.8 Å². The lowest BCUT2D eigenvalue weighted by molar-refractivity contribution is -0.176. The number of ether oxygens (including phenoxy) is 7. The molecule has 0 saturated carbocycles. The van der Waals surface area contributed by atoms with Crippen LogP contribution in [0.5, 0.6) is 11.5 Å². The topological polar surface area (TPSA) is 175 Å². The highest BCUT2D eigenvalue weighted by molar-refractivity contribution is 5.98. The number of amides is 1. The lowest BCUT2D eigenvalue weighted by Gasteiger charge is -2.29. The molecule has 2 heterocycles. The van der Waals surface area contributed by atoms with E-state index in [1.165, 1.54) is 33.2 Å². The molecule has 0 bridgehead atoms. The Morgan fingerprint density at radius 3 is 2.47 bits per heavy atom. The van der Waals surface area contributed by atoms with Crippen LogP contribution >= 0.6 is 0 Å². The van der Waals surface area contributed by atoms with Gasteiger partial charge in [-0.3, -0.25) is 19.2 Å². The van der Waals surface area contributed by atoms with Gasteiger partial charge in [0.1, 0.15) is 25.2 Å². The Bertz CT molecular complexity index is 1330. The molecule has 14 nitrogen and oxygen atoms in total. The van der Waals surface area contributed by atoms with Gasteiger partial charge in [-0.2, -0.15) is 0 Å². The van der Waals surface area contributed by atoms with Crippen molar-refractivity contribution in [3.63, 3.8) is 0 Å². The number of methoxy groups -OCH3 is 1. The quantitative estimate of drug-likeness (QED) is 0.147. The number of hydrogen-bond donors (Lipinski definition) is 1. The number of benzene rings is 1. The number of nitrogens with one attached hydrogen (secondary N) is 1. The van der Waals surface area contributed by atoms with Crippen LogP contribution < -0.4 is 14.8 Å². The summed E-state index contributed by atoms with van der Waals surface area (Å²) in [5.41, 5.74) is 0.523. The first-order valence-electron chi connectivity index (χ1n) is 14.3. The van der Waals surface area contributed by atoms with E-state index in [0.717, 1.165) is 5.56 Å². The molecule has 14 heteroatoms. The zero-order valence-corrected chi connectivity index (χ0v) is 25.8. The second-order valence-corrected chi connectivity index (χ2v) is 10.4. The molecule has 3 rings (SSSR count). The van der Waals surface area contributed by atoms with Crippen LogP contribution in [-0.4, -0.2) is 86.7 Å². The summed E-state index contributed by atoms with van der Waals surface area (Å²) in [6, 6.07) is 9.07. The predicted molar refractivity (Wildman–Crippen MR) is 155 cm³/mol. The zero-order valence-electron chi connectivity index (χ0n) is 25.8. The van der Waals surface area contributed by atoms with Crippen LogP contribution in [0.15, 0.2) is 42.6 Å². The van der Waals surface area contributed by atoms with Gasteiger partial charge in [-0.05, 0) is 18.9 Å². The van der Waals surface area contributed by atoms with E-state index in [1.807, 2.05) is 18.2 Å². The van der Waals surface area contributed by atoms with Crippen LogP contribution in [0, 0.1) is 11.8 Å². The minimum atomic E-state index is -1.44. The third kappa shape index (κ3) is 10.2. The van der Waals surface area contributed by atoms with E-state index in [0.29, 0.717) is 0 Å². The highest BCUT2D eigenvalue weighted by Gasteiger charge is 2.42. The van der Waals surface area contributed by atoms with Crippen LogP contribution in [0.3, 0.4) is 0 Å². The third-order valence-corrected chi connectivity index (χ3v) is 6.59. The summed E-state index contributed by atoms with van der Waals surface area (Å²) in [5.74, 6) is -5.02. The summed E-state index contributed by atoms with van der Waals surface area (Å²) < 4.78 is 37.7. The maximum atomic E-state index is 13.4. The summed E-state index contributed by atoms with van der Waals surface area (Å²) in [5, 5.41) is 2.48. The van der Waals surface area contributed by atoms with Gasteiger partial charge in [0.25, 0.3) is 5.91 Å². The SMILES string of the molecule is COc1ccnc(C(=O)N[C@H]2COC(=O)[C@H](Cc3ccccc3)[C@@H](OC(=O)C(C)C)[C@H](C)OC2=O)c1OCOCCOC(C)=O. The van der Waals surface area contributed by atoms with Gasteiger partial charge in [0.15, 0.2) is 36.1 Å². The second-order valence-electron chi connectivity index (χ2n) is 10.4. The van der Waals surface area contributed by atoms with Crippen LogP contribution in [0.1, 0.15) is 43.7 Å². The smallest absolute Gasteiger partial charge is 0.332 e. The fourth-order valence-corrected chi connectivity index (χ4v) is 4.27. The first kappa shape index (κ1) is 34.8. The van der Waals surface area contributed by atoms with E-state index >= 15 is 0 Å². The Morgan fingerprint density at radius 1 is 1.07 bits per heavy atom. The molecule has 4 atom stereocenters. The molecule has 0 spiro atoms. The van der Waals surface area contributed by atoms with Gasteiger partial charge in [0.2, 0.25) is 0 Å². The molecule has 0 radical (unpaired) electrons. The highest BCUT2D eigenvalue weighted by Crippen LogP contribution is 2.30. The minimum absolute atomic E-state index is 0.000872. The van der Waals surface area contributed by atoms with E-state index in [4.69, 9.17) is 33.2 Å². The molecule has 1 fully saturated rings. The molecule has 1 aromatic carbocycles. The molecule has 1 amide bonds. The molecule has 45 heavy (non-hydrogen) atoms. The molecule has 1 aliphatic heterocycles. The molecule has 244 valence electrons. The summed E-state index contributed by atoms with van der Waals surface area (Å²) in [4.78, 5) is 67.6. The Kier molecular flexibility index (Phi) is 13.1. The van der Waals surface area contributed by atoms with Gasteiger partial charge in [0, 0.05) is 19.2 Å². The zero-order chi connectivity index (χ0) is 32.9. The molecule has 1 saturated heterocycles. The van der Waals surface area contributed by atoms with Crippen molar-refractivity contribution in [1.82, 2.24) is 10.3 Å². The molecule has 1 N–H and O–H groups in total. The molecular formula is C31H38N2O12. The first-order valence-corrected chi connectivity index (χ1v) is 14.3. The molecule has 2 aromatic rings. The predicted octanol–water partition coefficient (Wildman–Crippen LogP) is 2.02. The van der Waals surface area contributed by atoms with Crippen molar-refractivity contribution >= 4 is 29.8 Å². The number of esters is 4. The Morgan fingerprint density at radius 2 is 1.80 bits per heavy atom. The fourth-order valence-electron chi connectivity index (χ4n) is 4.27. The summed E-state index contributed by atoms with van der Waals surface area (Å²) >= 11 is 0. The first-order chi connectivity index (χ1) is 21.5. The van der Waals surface area contributed by atoms with Gasteiger partial charge in [-0.25, -0.2) is 9.78 Å². The van der Waals surface area contributed by atoms with Crippen LogP contribution in [-0.2, 0) is 49.3 Å². The maximum absolute atomic E-state index is 13.4. The lowest BCUT2D eigenvalue weighted by atomic mass is 9.91. The molecule has 0 unspecified atom stereocenters. The van der Waals surface area contributed by atoms with Crippen LogP contribution in [0.25, 0.3) is 0 Å². The minimum Gasteiger partial charge on any atom is -0.493 e. The molecule has 0 aliphatic carbocycles. The van der Waals surface area contributed by atoms with Gasteiger partial charge < -0.3 is 38.5 Å². The normalized spacial score (nSPS) is 20.0. The van der Waals surface area contributed by atoms with Gasteiger partial charge in [-0.1, -0.05) is 44.2 Å². The lowest BCUT2D eigenvalue weighted by Crippen LogP contribution is -2.47. The summed E-state index contributed by atoms with van der Waals surface area (Å²) in [6.07, 6.45) is -0.788. The van der Waals surface area contributed by atoms with Crippen molar-refractivity contribution in [2.75, 3.05) is 33.7 Å². The van der Waals surface area contributed by atoms with Crippen LogP contribution in [0.2, 0.25) is 0 Å². The fraction of sp³-hybridized carbons (Fsp3) is 0.484. The number of carbonyl (C=O) groups is 5. The standard InChI is InChI=1S/C31H38N2O12/c1-18(2)29(36)45-26-19(3)44-31(38)23(16-42-30(37)22(26)15-21-9-7-6-8-10-21)33-28(35)25-27(24(39-5)11-12-32-25)43-17-40-13-14-41-20(4)34/h6-12,18-19,22-23,26H,13-17H2,1-5H3,(H,33,35)/t19-,22+,23-,26-/m0/s1. The van der Waals surface area contributed by atoms with E-state index in [1.54, 1.807) is 26.0 Å². The number of cyclic esters (lactones) is 2. The average Bonchev–Trinajstić information content (AvgIpc) is 3.04. The van der Waals surface area contributed by atoms with Crippen molar-refractivity contribution in [2.45, 2.75) is 52.4 Å². The number of pyridine rings is 1. The number of rotatable bonds is 13. The van der Waals surface area contributed by atoms with Crippen molar-refractivity contribution in [3.8, 4) is 11.5 Å². The largest absolute Gasteiger partial charge is 0.493 e. The summed E-state index contributed by atoms with van der Waals surface area (Å²) in [6.45, 7) is 5.17. The molecule has 1 aromatic heterocycles. The Balaban J connectivity index is 1.80. The van der Waals surface area contributed by atoms with E-state index in [2.05, 4.69) is 10.3 Å². The van der Waals surface area contributed by atoms with Crippen molar-refractivity contribution in [1.29, 1.82) is 0 Å². The van der Waals surface area contributed by atoms with Gasteiger partial charge >= 0.3 is 23.9 Å². The van der Waals surface area contributed by atoms with E-state index < -0.39 is 66.5 Å². The number of hydrogen-bond acceptors (Lipinski definition) is 13. The van der Waals surface area contributed by atoms with Gasteiger partial charge in [-0.15, -0.1) is 0 Å². The van der Waals surface area contributed by atoms with Gasteiger partial charge in [0.05, 0.1) is 19.6 Å². The van der Waals surface area contributed by atoms with Crippen molar-refractivity contribution in [3.05, 3.63) is 53.9 Å². The van der Waals surface area contributed by atoms with E-state index in [9.17, 15) is 24.0 Å². The van der Waals surface area contributed by atoms with Crippen LogP contribution in [0.4, 0.5) is 0 Å². The second kappa shape index (κ2) is 16.9. The highest BCUT2D eigenvalue weighted by atomic mass is 16.7. The monoisotopic (exact) mass is 630 g/mol. The van der Waals surface area contributed by atoms with E-state index in [-0.39, 0.29) is 43.6 Å². The average molecular weight is 631 g/mol. The Labute approximate surface area is 260 Å². The maximum Gasteiger partial charge on any atom is 0.332 e. The number of carbonyl (C=O) groups excluding carboxylic acids is 5. The number of nitrogens with zero attached hydrogens (tertiary/aromatic N) is 1. The molecular weight excluding hydrogens is 592 g/mol. The summed E-state index contributed by atoms with van der Waals surface area (Å²) in [7, 11) is 1.36. The number of aromatic nitrogens is 1. The molecule has 1 aliphatic rings.